The van der Waals surface area contributed by atoms with Crippen LogP contribution in [0.4, 0.5) is 5.69 Å². The molecule has 0 radical (unpaired) electrons. The molecule has 1 aromatic carbocycles. The van der Waals surface area contributed by atoms with E-state index in [1.54, 1.807) is 6.20 Å². The van der Waals surface area contributed by atoms with Crippen molar-refractivity contribution in [2.75, 3.05) is 18.4 Å². The predicted octanol–water partition coefficient (Wildman–Crippen LogP) is 1.94. The van der Waals surface area contributed by atoms with Crippen LogP contribution >= 0.6 is 0 Å². The van der Waals surface area contributed by atoms with E-state index < -0.39 is 0 Å². The molecule has 0 saturated heterocycles. The van der Waals surface area contributed by atoms with E-state index in [1.165, 1.54) is 11.1 Å². The summed E-state index contributed by atoms with van der Waals surface area (Å²) in [6.45, 7) is 3.39. The molecular formula is C13H17N3O. The van der Waals surface area contributed by atoms with E-state index >= 15 is 0 Å². The van der Waals surface area contributed by atoms with Gasteiger partial charge >= 0.3 is 0 Å². The SMILES string of the molecule is Cc1ccc(Cc2oncc2NCCN)cc1. The van der Waals surface area contributed by atoms with Gasteiger partial charge in [0.25, 0.3) is 0 Å². The highest BCUT2D eigenvalue weighted by Crippen LogP contribution is 2.18. The van der Waals surface area contributed by atoms with Crippen LogP contribution in [0.15, 0.2) is 35.0 Å². The van der Waals surface area contributed by atoms with Crippen LogP contribution < -0.4 is 11.1 Å². The van der Waals surface area contributed by atoms with Crippen LogP contribution in [0.5, 0.6) is 0 Å². The molecule has 0 unspecified atom stereocenters. The summed E-state index contributed by atoms with van der Waals surface area (Å²) in [5.74, 6) is 0.849. The normalized spacial score (nSPS) is 10.5. The van der Waals surface area contributed by atoms with Crippen LogP contribution in [0.3, 0.4) is 0 Å². The van der Waals surface area contributed by atoms with E-state index in [0.29, 0.717) is 6.54 Å². The number of hydrogen-bond acceptors (Lipinski definition) is 4. The van der Waals surface area contributed by atoms with Gasteiger partial charge in [-0.2, -0.15) is 0 Å². The minimum atomic E-state index is 0.592. The fraction of sp³-hybridized carbons (Fsp3) is 0.308. The Labute approximate surface area is 101 Å². The molecule has 17 heavy (non-hydrogen) atoms. The molecular weight excluding hydrogens is 214 g/mol. The summed E-state index contributed by atoms with van der Waals surface area (Å²) < 4.78 is 5.24. The highest BCUT2D eigenvalue weighted by molar-refractivity contribution is 5.46. The Kier molecular flexibility index (Phi) is 3.77. The molecule has 3 N–H and O–H groups in total. The van der Waals surface area contributed by atoms with Crippen molar-refractivity contribution in [2.45, 2.75) is 13.3 Å². The Morgan fingerprint density at radius 1 is 1.29 bits per heavy atom. The molecule has 0 fully saturated rings. The van der Waals surface area contributed by atoms with Crippen LogP contribution in [0, 0.1) is 6.92 Å². The molecule has 0 aliphatic heterocycles. The molecule has 0 bridgehead atoms. The standard InChI is InChI=1S/C13H17N3O/c1-10-2-4-11(5-3-10)8-13-12(9-16-17-13)15-7-6-14/h2-5,9,15H,6-8,14H2,1H3. The number of nitrogens with zero attached hydrogens (tertiary/aromatic N) is 1. The van der Waals surface area contributed by atoms with Crippen LogP contribution in [0.2, 0.25) is 0 Å². The number of rotatable bonds is 5. The summed E-state index contributed by atoms with van der Waals surface area (Å²) in [6, 6.07) is 8.40. The van der Waals surface area contributed by atoms with Crippen molar-refractivity contribution in [3.8, 4) is 0 Å². The van der Waals surface area contributed by atoms with Crippen molar-refractivity contribution in [3.05, 3.63) is 47.3 Å². The van der Waals surface area contributed by atoms with Gasteiger partial charge in [-0.25, -0.2) is 0 Å². The molecule has 0 saturated carbocycles. The number of hydrogen-bond donors (Lipinski definition) is 2. The third-order valence-electron chi connectivity index (χ3n) is 2.59. The Morgan fingerprint density at radius 2 is 2.06 bits per heavy atom. The van der Waals surface area contributed by atoms with Gasteiger partial charge in [-0.05, 0) is 12.5 Å². The highest BCUT2D eigenvalue weighted by Gasteiger charge is 2.08. The van der Waals surface area contributed by atoms with Crippen LogP contribution in [0.25, 0.3) is 0 Å². The fourth-order valence-electron chi connectivity index (χ4n) is 1.63. The molecule has 0 atom stereocenters. The lowest BCUT2D eigenvalue weighted by atomic mass is 10.1. The van der Waals surface area contributed by atoms with Crippen molar-refractivity contribution in [1.82, 2.24) is 5.16 Å². The van der Waals surface area contributed by atoms with E-state index in [9.17, 15) is 0 Å². The van der Waals surface area contributed by atoms with Gasteiger partial charge in [0.15, 0.2) is 5.76 Å². The lowest BCUT2D eigenvalue weighted by Crippen LogP contribution is -2.13. The average molecular weight is 231 g/mol. The Morgan fingerprint density at radius 3 is 2.76 bits per heavy atom. The molecule has 0 aliphatic rings. The number of aromatic nitrogens is 1. The van der Waals surface area contributed by atoms with Crippen molar-refractivity contribution in [1.29, 1.82) is 0 Å². The van der Waals surface area contributed by atoms with Gasteiger partial charge in [-0.3, -0.25) is 0 Å². The van der Waals surface area contributed by atoms with E-state index in [0.717, 1.165) is 24.4 Å². The number of benzene rings is 1. The van der Waals surface area contributed by atoms with E-state index in [4.69, 9.17) is 10.3 Å². The van der Waals surface area contributed by atoms with E-state index in [-0.39, 0.29) is 0 Å². The van der Waals surface area contributed by atoms with Crippen molar-refractivity contribution in [3.63, 3.8) is 0 Å². The van der Waals surface area contributed by atoms with Crippen molar-refractivity contribution < 1.29 is 4.52 Å². The van der Waals surface area contributed by atoms with Crippen molar-refractivity contribution in [2.24, 2.45) is 5.73 Å². The lowest BCUT2D eigenvalue weighted by Gasteiger charge is -2.04. The first-order valence-corrected chi connectivity index (χ1v) is 5.72. The largest absolute Gasteiger partial charge is 0.380 e. The lowest BCUT2D eigenvalue weighted by molar-refractivity contribution is 0.390. The van der Waals surface area contributed by atoms with E-state index in [1.807, 2.05) is 0 Å². The zero-order valence-electron chi connectivity index (χ0n) is 9.94. The third-order valence-corrected chi connectivity index (χ3v) is 2.59. The Hall–Kier alpha value is -1.81. The van der Waals surface area contributed by atoms with Gasteiger partial charge in [0.1, 0.15) is 0 Å². The first-order chi connectivity index (χ1) is 8.29. The first-order valence-electron chi connectivity index (χ1n) is 5.72. The number of aryl methyl sites for hydroxylation is 1. The second kappa shape index (κ2) is 5.50. The molecule has 4 nitrogen and oxygen atoms in total. The maximum atomic E-state index is 5.45. The molecule has 90 valence electrons. The first kappa shape index (κ1) is 11.7. The molecule has 1 aromatic heterocycles. The van der Waals surface area contributed by atoms with Crippen LogP contribution in [0.1, 0.15) is 16.9 Å². The average Bonchev–Trinajstić information content (AvgIpc) is 2.77. The zero-order chi connectivity index (χ0) is 12.1. The fourth-order valence-corrected chi connectivity index (χ4v) is 1.63. The van der Waals surface area contributed by atoms with Gasteiger partial charge < -0.3 is 15.6 Å². The maximum absolute atomic E-state index is 5.45. The Balaban J connectivity index is 2.07. The molecule has 2 rings (SSSR count). The summed E-state index contributed by atoms with van der Waals surface area (Å²) in [6.07, 6.45) is 2.44. The topological polar surface area (TPSA) is 64.1 Å². The third kappa shape index (κ3) is 3.07. The highest BCUT2D eigenvalue weighted by atomic mass is 16.5. The second-order valence-electron chi connectivity index (χ2n) is 4.04. The summed E-state index contributed by atoms with van der Waals surface area (Å²) >= 11 is 0. The van der Waals surface area contributed by atoms with Crippen LogP contribution in [-0.4, -0.2) is 18.2 Å². The number of nitrogens with two attached hydrogens (primary N) is 1. The summed E-state index contributed by atoms with van der Waals surface area (Å²) in [7, 11) is 0. The second-order valence-corrected chi connectivity index (χ2v) is 4.04. The van der Waals surface area contributed by atoms with Gasteiger partial charge in [-0.15, -0.1) is 0 Å². The molecule has 4 heteroatoms. The van der Waals surface area contributed by atoms with Gasteiger partial charge in [0.2, 0.25) is 0 Å². The minimum absolute atomic E-state index is 0.592. The number of nitrogens with one attached hydrogen (secondary N) is 1. The maximum Gasteiger partial charge on any atom is 0.164 e. The van der Waals surface area contributed by atoms with E-state index in [2.05, 4.69) is 41.7 Å². The summed E-state index contributed by atoms with van der Waals surface area (Å²) in [4.78, 5) is 0. The van der Waals surface area contributed by atoms with Gasteiger partial charge in [0, 0.05) is 19.5 Å². The number of anilines is 1. The summed E-state index contributed by atoms with van der Waals surface area (Å²) in [5.41, 5.74) is 8.85. The molecule has 0 spiro atoms. The van der Waals surface area contributed by atoms with Gasteiger partial charge in [-0.1, -0.05) is 35.0 Å². The monoisotopic (exact) mass is 231 g/mol. The quantitative estimate of drug-likeness (QED) is 0.825. The predicted molar refractivity (Wildman–Crippen MR) is 68.0 cm³/mol. The molecule has 0 aliphatic carbocycles. The summed E-state index contributed by atoms with van der Waals surface area (Å²) in [5, 5.41) is 7.00. The molecule has 0 amide bonds. The van der Waals surface area contributed by atoms with Crippen molar-refractivity contribution >= 4 is 5.69 Å². The Bertz CT molecular complexity index is 462. The van der Waals surface area contributed by atoms with Crippen LogP contribution in [-0.2, 0) is 6.42 Å². The van der Waals surface area contributed by atoms with Gasteiger partial charge in [0.05, 0.1) is 11.9 Å². The smallest absolute Gasteiger partial charge is 0.164 e. The minimum Gasteiger partial charge on any atom is -0.380 e. The molecule has 1 heterocycles. The zero-order valence-corrected chi connectivity index (χ0v) is 9.94. The molecule has 2 aromatic rings.